The van der Waals surface area contributed by atoms with E-state index in [1.165, 1.54) is 12.2 Å². The summed E-state index contributed by atoms with van der Waals surface area (Å²) in [5, 5.41) is 0.636. The van der Waals surface area contributed by atoms with Crippen molar-refractivity contribution in [2.24, 2.45) is 11.7 Å². The van der Waals surface area contributed by atoms with Crippen LogP contribution >= 0.6 is 11.8 Å². The summed E-state index contributed by atoms with van der Waals surface area (Å²) in [6.07, 6.45) is 4.11. The highest BCUT2D eigenvalue weighted by Crippen LogP contribution is 2.33. The van der Waals surface area contributed by atoms with E-state index in [0.717, 1.165) is 19.3 Å². The predicted octanol–water partition coefficient (Wildman–Crippen LogP) is 2.21. The number of carbonyl (C=O) groups is 1. The lowest BCUT2D eigenvalue weighted by Crippen LogP contribution is -2.33. The fraction of sp³-hybridized carbons (Fsp3) is 0.909. The molecular formula is C11H21NOS. The first kappa shape index (κ1) is 12.1. The average Bonchev–Trinajstić information content (AvgIpc) is 2.43. The SMILES string of the molecule is CC(=O)CCCC[C@H]1SCC(C)C1N. The molecule has 1 rings (SSSR count). The molecule has 0 radical (unpaired) electrons. The number of nitrogens with two attached hydrogens (primary N) is 1. The Bertz CT molecular complexity index is 196. The van der Waals surface area contributed by atoms with E-state index in [0.29, 0.717) is 23.0 Å². The summed E-state index contributed by atoms with van der Waals surface area (Å²) in [7, 11) is 0. The van der Waals surface area contributed by atoms with Crippen molar-refractivity contribution in [3.63, 3.8) is 0 Å². The summed E-state index contributed by atoms with van der Waals surface area (Å²) < 4.78 is 0. The highest BCUT2D eigenvalue weighted by molar-refractivity contribution is 8.00. The molecule has 2 nitrogen and oxygen atoms in total. The summed E-state index contributed by atoms with van der Waals surface area (Å²) in [5.74, 6) is 2.18. The van der Waals surface area contributed by atoms with Crippen LogP contribution < -0.4 is 5.73 Å². The Kier molecular flexibility index (Phi) is 4.96. The monoisotopic (exact) mass is 215 g/mol. The molecule has 2 N–H and O–H groups in total. The van der Waals surface area contributed by atoms with E-state index in [9.17, 15) is 4.79 Å². The normalized spacial score (nSPS) is 32.1. The molecule has 1 aliphatic heterocycles. The molecule has 3 atom stereocenters. The molecule has 0 amide bonds. The molecule has 82 valence electrons. The van der Waals surface area contributed by atoms with E-state index < -0.39 is 0 Å². The first-order valence-corrected chi connectivity index (χ1v) is 6.52. The van der Waals surface area contributed by atoms with E-state index in [-0.39, 0.29) is 0 Å². The topological polar surface area (TPSA) is 43.1 Å². The number of unbranched alkanes of at least 4 members (excludes halogenated alkanes) is 1. The van der Waals surface area contributed by atoms with Crippen LogP contribution in [-0.2, 0) is 4.79 Å². The lowest BCUT2D eigenvalue weighted by atomic mass is 9.98. The summed E-state index contributed by atoms with van der Waals surface area (Å²) in [6.45, 7) is 3.89. The van der Waals surface area contributed by atoms with Gasteiger partial charge in [-0.1, -0.05) is 13.3 Å². The fourth-order valence-corrected chi connectivity index (χ4v) is 3.46. The molecule has 0 aliphatic carbocycles. The number of carbonyl (C=O) groups excluding carboxylic acids is 1. The second kappa shape index (κ2) is 5.76. The van der Waals surface area contributed by atoms with Crippen LogP contribution in [0, 0.1) is 5.92 Å². The van der Waals surface area contributed by atoms with Gasteiger partial charge in [0, 0.05) is 17.7 Å². The fourth-order valence-electron chi connectivity index (χ4n) is 1.86. The smallest absolute Gasteiger partial charge is 0.129 e. The van der Waals surface area contributed by atoms with Gasteiger partial charge in [0.15, 0.2) is 0 Å². The zero-order valence-corrected chi connectivity index (χ0v) is 9.98. The van der Waals surface area contributed by atoms with Gasteiger partial charge in [-0.05, 0) is 31.4 Å². The van der Waals surface area contributed by atoms with Gasteiger partial charge in [-0.3, -0.25) is 0 Å². The van der Waals surface area contributed by atoms with Gasteiger partial charge in [0.25, 0.3) is 0 Å². The zero-order chi connectivity index (χ0) is 10.6. The van der Waals surface area contributed by atoms with Crippen LogP contribution in [0.4, 0.5) is 0 Å². The molecule has 0 aromatic heterocycles. The van der Waals surface area contributed by atoms with E-state index in [1.54, 1.807) is 6.92 Å². The molecule has 0 aromatic rings. The maximum absolute atomic E-state index is 10.7. The quantitative estimate of drug-likeness (QED) is 0.715. The Morgan fingerprint density at radius 3 is 2.71 bits per heavy atom. The molecule has 1 aliphatic rings. The van der Waals surface area contributed by atoms with Crippen LogP contribution in [0.3, 0.4) is 0 Å². The third-order valence-corrected chi connectivity index (χ3v) is 4.62. The van der Waals surface area contributed by atoms with Crippen molar-refractivity contribution >= 4 is 17.5 Å². The third-order valence-electron chi connectivity index (χ3n) is 2.93. The van der Waals surface area contributed by atoms with Gasteiger partial charge in [0.05, 0.1) is 0 Å². The standard InChI is InChI=1S/C11H21NOS/c1-8-7-14-10(11(8)12)6-4-3-5-9(2)13/h8,10-11H,3-7,12H2,1-2H3/t8?,10-,11?/m1/s1. The maximum atomic E-state index is 10.7. The molecule has 0 spiro atoms. The molecule has 0 saturated carbocycles. The van der Waals surface area contributed by atoms with Gasteiger partial charge in [-0.15, -0.1) is 0 Å². The minimum atomic E-state index is 0.307. The van der Waals surface area contributed by atoms with Gasteiger partial charge < -0.3 is 10.5 Å². The summed E-state index contributed by atoms with van der Waals surface area (Å²) >= 11 is 2.01. The molecule has 3 heteroatoms. The number of Topliss-reactive ketones (excluding diaryl/α,β-unsaturated/α-hetero) is 1. The highest BCUT2D eigenvalue weighted by Gasteiger charge is 2.30. The largest absolute Gasteiger partial charge is 0.326 e. The van der Waals surface area contributed by atoms with Crippen molar-refractivity contribution in [1.82, 2.24) is 0 Å². The van der Waals surface area contributed by atoms with Crippen LogP contribution in [0.2, 0.25) is 0 Å². The Hall–Kier alpha value is -0.0200. The molecular weight excluding hydrogens is 194 g/mol. The lowest BCUT2D eigenvalue weighted by Gasteiger charge is -2.16. The zero-order valence-electron chi connectivity index (χ0n) is 9.16. The van der Waals surface area contributed by atoms with Gasteiger partial charge in [0.1, 0.15) is 5.78 Å². The van der Waals surface area contributed by atoms with Crippen LogP contribution in [0.5, 0.6) is 0 Å². The number of rotatable bonds is 5. The Balaban J connectivity index is 2.10. The molecule has 0 bridgehead atoms. The Labute approximate surface area is 91.0 Å². The van der Waals surface area contributed by atoms with Gasteiger partial charge >= 0.3 is 0 Å². The molecule has 1 fully saturated rings. The van der Waals surface area contributed by atoms with Crippen molar-refractivity contribution in [1.29, 1.82) is 0 Å². The second-order valence-corrected chi connectivity index (χ2v) is 5.65. The number of thioether (sulfide) groups is 1. The van der Waals surface area contributed by atoms with Crippen molar-refractivity contribution < 1.29 is 4.79 Å². The summed E-state index contributed by atoms with van der Waals surface area (Å²) in [6, 6.07) is 0.373. The van der Waals surface area contributed by atoms with Gasteiger partial charge in [-0.2, -0.15) is 11.8 Å². The first-order chi connectivity index (χ1) is 6.61. The van der Waals surface area contributed by atoms with E-state index in [1.807, 2.05) is 11.8 Å². The maximum Gasteiger partial charge on any atom is 0.129 e. The lowest BCUT2D eigenvalue weighted by molar-refractivity contribution is -0.117. The number of hydrogen-bond acceptors (Lipinski definition) is 3. The van der Waals surface area contributed by atoms with Crippen molar-refractivity contribution in [3.8, 4) is 0 Å². The first-order valence-electron chi connectivity index (χ1n) is 5.48. The van der Waals surface area contributed by atoms with E-state index >= 15 is 0 Å². The summed E-state index contributed by atoms with van der Waals surface area (Å²) in [4.78, 5) is 10.7. The predicted molar refractivity (Wildman–Crippen MR) is 62.5 cm³/mol. The van der Waals surface area contributed by atoms with Crippen LogP contribution in [0.1, 0.15) is 39.5 Å². The van der Waals surface area contributed by atoms with Crippen LogP contribution in [-0.4, -0.2) is 22.8 Å². The van der Waals surface area contributed by atoms with Crippen LogP contribution in [0.25, 0.3) is 0 Å². The van der Waals surface area contributed by atoms with Crippen molar-refractivity contribution in [2.45, 2.75) is 50.8 Å². The third kappa shape index (κ3) is 3.62. The van der Waals surface area contributed by atoms with Gasteiger partial charge in [-0.25, -0.2) is 0 Å². The number of hydrogen-bond donors (Lipinski definition) is 1. The molecule has 0 aromatic carbocycles. The van der Waals surface area contributed by atoms with E-state index in [2.05, 4.69) is 6.92 Å². The summed E-state index contributed by atoms with van der Waals surface area (Å²) in [5.41, 5.74) is 6.08. The van der Waals surface area contributed by atoms with Crippen LogP contribution in [0.15, 0.2) is 0 Å². The number of ketones is 1. The van der Waals surface area contributed by atoms with Gasteiger partial charge in [0.2, 0.25) is 0 Å². The molecule has 1 heterocycles. The van der Waals surface area contributed by atoms with Crippen molar-refractivity contribution in [3.05, 3.63) is 0 Å². The minimum Gasteiger partial charge on any atom is -0.326 e. The minimum absolute atomic E-state index is 0.307. The van der Waals surface area contributed by atoms with Crippen molar-refractivity contribution in [2.75, 3.05) is 5.75 Å². The Morgan fingerprint density at radius 2 is 2.21 bits per heavy atom. The molecule has 1 saturated heterocycles. The van der Waals surface area contributed by atoms with E-state index in [4.69, 9.17) is 5.73 Å². The average molecular weight is 215 g/mol. The highest BCUT2D eigenvalue weighted by atomic mass is 32.2. The second-order valence-electron chi connectivity index (χ2n) is 4.37. The Morgan fingerprint density at radius 1 is 1.50 bits per heavy atom. The molecule has 14 heavy (non-hydrogen) atoms. The molecule has 2 unspecified atom stereocenters.